The number of ether oxygens (including phenoxy) is 2. The van der Waals surface area contributed by atoms with E-state index in [1.165, 1.54) is 24.1 Å². The van der Waals surface area contributed by atoms with Crippen LogP contribution in [0.1, 0.15) is 31.4 Å². The average Bonchev–Trinajstić information content (AvgIpc) is 3.33. The van der Waals surface area contributed by atoms with Gasteiger partial charge in [0, 0.05) is 30.5 Å². The highest BCUT2D eigenvalue weighted by molar-refractivity contribution is 7.80. The molecule has 2 N–H and O–H groups in total. The van der Waals surface area contributed by atoms with Gasteiger partial charge in [-0.2, -0.15) is 0 Å². The van der Waals surface area contributed by atoms with Crippen molar-refractivity contribution in [3.63, 3.8) is 0 Å². The van der Waals surface area contributed by atoms with Crippen LogP contribution in [0, 0.1) is 0 Å². The summed E-state index contributed by atoms with van der Waals surface area (Å²) in [4.78, 5) is 2.44. The van der Waals surface area contributed by atoms with Crippen LogP contribution in [0.2, 0.25) is 0 Å². The Hall–Kier alpha value is -2.47. The SMILES string of the molecule is CC(NC(=S)Nc1ccc2c(c1)OCO2)c1ccc(N2CCCC2)cc1. The lowest BCUT2D eigenvalue weighted by Gasteiger charge is -2.20. The van der Waals surface area contributed by atoms with E-state index in [9.17, 15) is 0 Å². The third-order valence-corrected chi connectivity index (χ3v) is 5.06. The normalized spacial score (nSPS) is 16.4. The fourth-order valence-electron chi connectivity index (χ4n) is 3.37. The van der Waals surface area contributed by atoms with Crippen molar-refractivity contribution in [3.05, 3.63) is 48.0 Å². The Morgan fingerprint density at radius 1 is 1.04 bits per heavy atom. The largest absolute Gasteiger partial charge is 0.454 e. The minimum absolute atomic E-state index is 0.122. The van der Waals surface area contributed by atoms with Crippen LogP contribution in [0.5, 0.6) is 11.5 Å². The van der Waals surface area contributed by atoms with Crippen molar-refractivity contribution in [2.24, 2.45) is 0 Å². The Kier molecular flexibility index (Phi) is 4.84. The van der Waals surface area contributed by atoms with Crippen molar-refractivity contribution in [2.75, 3.05) is 30.1 Å². The number of nitrogens with one attached hydrogen (secondary N) is 2. The highest BCUT2D eigenvalue weighted by Crippen LogP contribution is 2.34. The standard InChI is InChI=1S/C20H23N3O2S/c1-14(15-4-7-17(8-5-15)23-10-2-3-11-23)21-20(26)22-16-6-9-18-19(12-16)25-13-24-18/h4-9,12,14H,2-3,10-11,13H2,1H3,(H2,21,22,26). The van der Waals surface area contributed by atoms with Crippen molar-refractivity contribution in [3.8, 4) is 11.5 Å². The lowest BCUT2D eigenvalue weighted by molar-refractivity contribution is 0.174. The van der Waals surface area contributed by atoms with E-state index in [-0.39, 0.29) is 12.8 Å². The van der Waals surface area contributed by atoms with Crippen LogP contribution in [-0.2, 0) is 0 Å². The fraction of sp³-hybridized carbons (Fsp3) is 0.350. The summed E-state index contributed by atoms with van der Waals surface area (Å²) >= 11 is 5.45. The molecule has 0 spiro atoms. The molecule has 26 heavy (non-hydrogen) atoms. The number of rotatable bonds is 4. The summed E-state index contributed by atoms with van der Waals surface area (Å²) in [5.41, 5.74) is 3.39. The van der Waals surface area contributed by atoms with E-state index < -0.39 is 0 Å². The Morgan fingerprint density at radius 3 is 2.54 bits per heavy atom. The quantitative estimate of drug-likeness (QED) is 0.793. The summed E-state index contributed by atoms with van der Waals surface area (Å²) in [7, 11) is 0. The first-order valence-electron chi connectivity index (χ1n) is 9.01. The van der Waals surface area contributed by atoms with Crippen molar-refractivity contribution >= 4 is 28.7 Å². The second kappa shape index (κ2) is 7.41. The van der Waals surface area contributed by atoms with Crippen LogP contribution < -0.4 is 25.0 Å². The summed E-state index contributed by atoms with van der Waals surface area (Å²) in [6.07, 6.45) is 2.58. The molecular formula is C20H23N3O2S. The highest BCUT2D eigenvalue weighted by atomic mass is 32.1. The van der Waals surface area contributed by atoms with E-state index in [4.69, 9.17) is 21.7 Å². The van der Waals surface area contributed by atoms with Gasteiger partial charge in [0.1, 0.15) is 0 Å². The van der Waals surface area contributed by atoms with E-state index in [0.717, 1.165) is 30.3 Å². The molecule has 136 valence electrons. The first-order chi connectivity index (χ1) is 12.7. The number of fused-ring (bicyclic) bond motifs is 1. The van der Waals surface area contributed by atoms with Crippen molar-refractivity contribution in [1.82, 2.24) is 5.32 Å². The van der Waals surface area contributed by atoms with Crippen molar-refractivity contribution < 1.29 is 9.47 Å². The van der Waals surface area contributed by atoms with Gasteiger partial charge in [0.25, 0.3) is 0 Å². The maximum Gasteiger partial charge on any atom is 0.231 e. The van der Waals surface area contributed by atoms with Gasteiger partial charge >= 0.3 is 0 Å². The monoisotopic (exact) mass is 369 g/mol. The van der Waals surface area contributed by atoms with Gasteiger partial charge in [0.05, 0.1) is 6.04 Å². The molecule has 2 aliphatic heterocycles. The molecule has 0 radical (unpaired) electrons. The predicted molar refractivity (Wildman–Crippen MR) is 108 cm³/mol. The number of benzene rings is 2. The Labute approximate surface area is 159 Å². The fourth-order valence-corrected chi connectivity index (χ4v) is 3.67. The zero-order valence-corrected chi connectivity index (χ0v) is 15.6. The molecule has 2 aromatic rings. The molecule has 0 amide bonds. The van der Waals surface area contributed by atoms with Crippen LogP contribution in [0.3, 0.4) is 0 Å². The van der Waals surface area contributed by atoms with Crippen molar-refractivity contribution in [1.29, 1.82) is 0 Å². The number of hydrogen-bond donors (Lipinski definition) is 2. The number of thiocarbonyl (C=S) groups is 1. The van der Waals surface area contributed by atoms with Crippen LogP contribution in [0.4, 0.5) is 11.4 Å². The molecule has 4 rings (SSSR count). The lowest BCUT2D eigenvalue weighted by Crippen LogP contribution is -2.30. The van der Waals surface area contributed by atoms with Crippen LogP contribution >= 0.6 is 12.2 Å². The Balaban J connectivity index is 1.35. The molecule has 0 aliphatic carbocycles. The minimum atomic E-state index is 0.122. The lowest BCUT2D eigenvalue weighted by atomic mass is 10.1. The second-order valence-corrected chi connectivity index (χ2v) is 7.08. The molecule has 0 saturated carbocycles. The maximum atomic E-state index is 5.45. The molecule has 6 heteroatoms. The first-order valence-corrected chi connectivity index (χ1v) is 9.42. The van der Waals surface area contributed by atoms with Gasteiger partial charge in [-0.25, -0.2) is 0 Å². The van der Waals surface area contributed by atoms with Crippen molar-refractivity contribution in [2.45, 2.75) is 25.8 Å². The average molecular weight is 369 g/mol. The molecule has 5 nitrogen and oxygen atoms in total. The van der Waals surface area contributed by atoms with E-state index in [1.54, 1.807) is 0 Å². The summed E-state index contributed by atoms with van der Waals surface area (Å²) in [6.45, 7) is 4.71. The molecule has 1 saturated heterocycles. The van der Waals surface area contributed by atoms with E-state index >= 15 is 0 Å². The topological polar surface area (TPSA) is 45.8 Å². The molecular weight excluding hydrogens is 346 g/mol. The van der Waals surface area contributed by atoms with Gasteiger partial charge in [-0.15, -0.1) is 0 Å². The van der Waals surface area contributed by atoms with Gasteiger partial charge < -0.3 is 25.0 Å². The van der Waals surface area contributed by atoms with Crippen LogP contribution in [0.15, 0.2) is 42.5 Å². The molecule has 1 fully saturated rings. The van der Waals surface area contributed by atoms with E-state index in [1.807, 2.05) is 18.2 Å². The Morgan fingerprint density at radius 2 is 1.77 bits per heavy atom. The second-order valence-electron chi connectivity index (χ2n) is 6.67. The minimum Gasteiger partial charge on any atom is -0.454 e. The summed E-state index contributed by atoms with van der Waals surface area (Å²) in [5, 5.41) is 7.12. The van der Waals surface area contributed by atoms with Gasteiger partial charge in [-0.1, -0.05) is 12.1 Å². The summed E-state index contributed by atoms with van der Waals surface area (Å²) in [5.74, 6) is 1.50. The number of hydrogen-bond acceptors (Lipinski definition) is 4. The molecule has 0 bridgehead atoms. The molecule has 1 atom stereocenters. The highest BCUT2D eigenvalue weighted by Gasteiger charge is 2.15. The molecule has 2 aromatic carbocycles. The van der Waals surface area contributed by atoms with E-state index in [0.29, 0.717) is 5.11 Å². The molecule has 1 unspecified atom stereocenters. The molecule has 2 heterocycles. The van der Waals surface area contributed by atoms with Gasteiger partial charge in [0.15, 0.2) is 16.6 Å². The third-order valence-electron chi connectivity index (χ3n) is 4.84. The van der Waals surface area contributed by atoms with Gasteiger partial charge in [-0.3, -0.25) is 0 Å². The zero-order valence-electron chi connectivity index (χ0n) is 14.8. The third kappa shape index (κ3) is 3.70. The van der Waals surface area contributed by atoms with Gasteiger partial charge in [0.2, 0.25) is 6.79 Å². The summed E-state index contributed by atoms with van der Waals surface area (Å²) < 4.78 is 10.7. The molecule has 0 aromatic heterocycles. The van der Waals surface area contributed by atoms with Gasteiger partial charge in [-0.05, 0) is 61.8 Å². The smallest absolute Gasteiger partial charge is 0.231 e. The van der Waals surface area contributed by atoms with Crippen LogP contribution in [0.25, 0.3) is 0 Å². The Bertz CT molecular complexity index is 788. The van der Waals surface area contributed by atoms with E-state index in [2.05, 4.69) is 46.7 Å². The molecule has 2 aliphatic rings. The predicted octanol–water partition coefficient (Wildman–Crippen LogP) is 4.06. The maximum absolute atomic E-state index is 5.45. The first kappa shape index (κ1) is 17.0. The number of nitrogens with zero attached hydrogens (tertiary/aromatic N) is 1. The van der Waals surface area contributed by atoms with Crippen LogP contribution in [-0.4, -0.2) is 25.0 Å². The summed E-state index contributed by atoms with van der Waals surface area (Å²) in [6, 6.07) is 14.6. The number of anilines is 2. The zero-order chi connectivity index (χ0) is 17.9.